The van der Waals surface area contributed by atoms with E-state index in [-0.39, 0.29) is 11.3 Å². The zero-order chi connectivity index (χ0) is 14.5. The summed E-state index contributed by atoms with van der Waals surface area (Å²) >= 11 is 0. The molecule has 0 amide bonds. The predicted octanol–water partition coefficient (Wildman–Crippen LogP) is 2.72. The van der Waals surface area contributed by atoms with E-state index < -0.39 is 4.92 Å². The summed E-state index contributed by atoms with van der Waals surface area (Å²) in [6, 6.07) is 13.0. The van der Waals surface area contributed by atoms with Crippen molar-refractivity contribution in [2.45, 2.75) is 6.54 Å². The highest BCUT2D eigenvalue weighted by Gasteiger charge is 2.15. The van der Waals surface area contributed by atoms with E-state index in [2.05, 4.69) is 0 Å². The smallest absolute Gasteiger partial charge is 0.290 e. The van der Waals surface area contributed by atoms with Crippen LogP contribution in [-0.2, 0) is 6.54 Å². The molecule has 100 valence electrons. The molecule has 0 aliphatic rings. The summed E-state index contributed by atoms with van der Waals surface area (Å²) in [6.07, 6.45) is 0. The summed E-state index contributed by atoms with van der Waals surface area (Å²) < 4.78 is 5.51. The first kappa shape index (κ1) is 13.5. The second-order valence-electron chi connectivity index (χ2n) is 4.00. The molecule has 2 N–H and O–H groups in total. The van der Waals surface area contributed by atoms with Crippen molar-refractivity contribution >= 4 is 5.69 Å². The maximum absolute atomic E-state index is 10.9. The lowest BCUT2D eigenvalue weighted by atomic mass is 10.2. The van der Waals surface area contributed by atoms with Gasteiger partial charge in [0.25, 0.3) is 5.69 Å². The Morgan fingerprint density at radius 1 is 1.20 bits per heavy atom. The van der Waals surface area contributed by atoms with Crippen LogP contribution in [-0.4, -0.2) is 4.92 Å². The topological polar surface area (TPSA) is 102 Å². The maximum atomic E-state index is 10.9. The average molecular weight is 269 g/mol. The first-order valence-corrected chi connectivity index (χ1v) is 5.79. The third-order valence-corrected chi connectivity index (χ3v) is 2.68. The van der Waals surface area contributed by atoms with Crippen LogP contribution in [0.3, 0.4) is 0 Å². The van der Waals surface area contributed by atoms with Gasteiger partial charge in [-0.1, -0.05) is 12.1 Å². The molecule has 6 nitrogen and oxygen atoms in total. The van der Waals surface area contributed by atoms with Crippen LogP contribution in [0.2, 0.25) is 0 Å². The summed E-state index contributed by atoms with van der Waals surface area (Å²) in [5, 5.41) is 19.7. The van der Waals surface area contributed by atoms with E-state index in [1.807, 2.05) is 12.1 Å². The quantitative estimate of drug-likeness (QED) is 0.679. The SMILES string of the molecule is N#Cc1ccc(Oc2ccc(CN)cc2)cc1[N+](=O)[O-]. The third kappa shape index (κ3) is 2.91. The molecule has 0 heterocycles. The number of nitrogens with zero attached hydrogens (tertiary/aromatic N) is 2. The molecule has 0 aromatic heterocycles. The summed E-state index contributed by atoms with van der Waals surface area (Å²) in [7, 11) is 0. The highest BCUT2D eigenvalue weighted by atomic mass is 16.6. The first-order chi connectivity index (χ1) is 9.63. The number of nitro benzene ring substituents is 1. The van der Waals surface area contributed by atoms with Crippen LogP contribution >= 0.6 is 0 Å². The van der Waals surface area contributed by atoms with E-state index in [0.717, 1.165) is 5.56 Å². The first-order valence-electron chi connectivity index (χ1n) is 5.79. The van der Waals surface area contributed by atoms with Crippen LogP contribution in [0.5, 0.6) is 11.5 Å². The molecule has 0 aliphatic heterocycles. The van der Waals surface area contributed by atoms with Gasteiger partial charge in [0.1, 0.15) is 23.1 Å². The molecule has 2 aromatic carbocycles. The Labute approximate surface area is 115 Å². The minimum absolute atomic E-state index is 0.000768. The average Bonchev–Trinajstić information content (AvgIpc) is 2.48. The van der Waals surface area contributed by atoms with E-state index in [4.69, 9.17) is 15.7 Å². The lowest BCUT2D eigenvalue weighted by molar-refractivity contribution is -0.385. The fourth-order valence-corrected chi connectivity index (χ4v) is 1.65. The normalized spacial score (nSPS) is 9.80. The number of nitro groups is 1. The molecule has 0 aliphatic carbocycles. The van der Waals surface area contributed by atoms with Gasteiger partial charge < -0.3 is 10.5 Å². The van der Waals surface area contributed by atoms with Crippen LogP contribution in [0.15, 0.2) is 42.5 Å². The van der Waals surface area contributed by atoms with Crippen molar-refractivity contribution in [2.24, 2.45) is 5.73 Å². The molecule has 0 fully saturated rings. The van der Waals surface area contributed by atoms with Crippen molar-refractivity contribution in [1.82, 2.24) is 0 Å². The zero-order valence-corrected chi connectivity index (χ0v) is 10.4. The van der Waals surface area contributed by atoms with Crippen molar-refractivity contribution < 1.29 is 9.66 Å². The Morgan fingerprint density at radius 3 is 2.40 bits per heavy atom. The molecular formula is C14H11N3O3. The minimum Gasteiger partial charge on any atom is -0.457 e. The maximum Gasteiger partial charge on any atom is 0.290 e. The Hall–Kier alpha value is -2.91. The molecule has 2 aromatic rings. The van der Waals surface area contributed by atoms with Gasteiger partial charge in [-0.3, -0.25) is 10.1 Å². The van der Waals surface area contributed by atoms with E-state index >= 15 is 0 Å². The molecule has 0 saturated carbocycles. The van der Waals surface area contributed by atoms with Crippen LogP contribution in [0.25, 0.3) is 0 Å². The number of benzene rings is 2. The lowest BCUT2D eigenvalue weighted by Crippen LogP contribution is -1.96. The van der Waals surface area contributed by atoms with Crippen molar-refractivity contribution in [3.63, 3.8) is 0 Å². The Balaban J connectivity index is 2.27. The molecule has 6 heteroatoms. The Kier molecular flexibility index (Phi) is 3.93. The summed E-state index contributed by atoms with van der Waals surface area (Å²) in [4.78, 5) is 10.2. The second kappa shape index (κ2) is 5.82. The van der Waals surface area contributed by atoms with Gasteiger partial charge in [-0.05, 0) is 29.8 Å². The predicted molar refractivity (Wildman–Crippen MR) is 72.2 cm³/mol. The van der Waals surface area contributed by atoms with E-state index in [1.165, 1.54) is 18.2 Å². The van der Waals surface area contributed by atoms with Crippen LogP contribution in [0.1, 0.15) is 11.1 Å². The largest absolute Gasteiger partial charge is 0.457 e. The second-order valence-corrected chi connectivity index (χ2v) is 4.00. The summed E-state index contributed by atoms with van der Waals surface area (Å²) in [5.74, 6) is 0.845. The van der Waals surface area contributed by atoms with Crippen LogP contribution in [0, 0.1) is 21.4 Å². The number of ether oxygens (including phenoxy) is 1. The van der Waals surface area contributed by atoms with Gasteiger partial charge in [-0.15, -0.1) is 0 Å². The fraction of sp³-hybridized carbons (Fsp3) is 0.0714. The number of hydrogen-bond acceptors (Lipinski definition) is 5. The van der Waals surface area contributed by atoms with Gasteiger partial charge in [-0.25, -0.2) is 0 Å². The van der Waals surface area contributed by atoms with Crippen LogP contribution in [0.4, 0.5) is 5.69 Å². The Morgan fingerprint density at radius 2 is 1.85 bits per heavy atom. The highest BCUT2D eigenvalue weighted by molar-refractivity contribution is 5.53. The fourth-order valence-electron chi connectivity index (χ4n) is 1.65. The summed E-state index contributed by atoms with van der Waals surface area (Å²) in [6.45, 7) is 0.433. The molecular weight excluding hydrogens is 258 g/mol. The molecule has 0 bridgehead atoms. The van der Waals surface area contributed by atoms with E-state index in [1.54, 1.807) is 18.2 Å². The molecule has 0 saturated heterocycles. The molecule has 2 rings (SSSR count). The molecule has 0 spiro atoms. The Bertz CT molecular complexity index is 675. The highest BCUT2D eigenvalue weighted by Crippen LogP contribution is 2.28. The minimum atomic E-state index is -0.608. The van der Waals surface area contributed by atoms with Crippen LogP contribution < -0.4 is 10.5 Å². The number of rotatable bonds is 4. The van der Waals surface area contributed by atoms with E-state index in [0.29, 0.717) is 18.0 Å². The van der Waals surface area contributed by atoms with Gasteiger partial charge in [0.05, 0.1) is 11.0 Å². The van der Waals surface area contributed by atoms with Crippen molar-refractivity contribution in [3.8, 4) is 17.6 Å². The molecule has 20 heavy (non-hydrogen) atoms. The van der Waals surface area contributed by atoms with Crippen molar-refractivity contribution in [1.29, 1.82) is 5.26 Å². The lowest BCUT2D eigenvalue weighted by Gasteiger charge is -2.06. The number of nitriles is 1. The molecule has 0 unspecified atom stereocenters. The third-order valence-electron chi connectivity index (χ3n) is 2.68. The van der Waals surface area contributed by atoms with Gasteiger partial charge in [0, 0.05) is 6.54 Å². The zero-order valence-electron chi connectivity index (χ0n) is 10.4. The van der Waals surface area contributed by atoms with Gasteiger partial charge >= 0.3 is 0 Å². The van der Waals surface area contributed by atoms with Gasteiger partial charge in [-0.2, -0.15) is 5.26 Å². The molecule has 0 atom stereocenters. The number of nitrogens with two attached hydrogens (primary N) is 1. The van der Waals surface area contributed by atoms with Crippen molar-refractivity contribution in [3.05, 3.63) is 63.7 Å². The standard InChI is InChI=1S/C14H11N3O3/c15-8-10-1-4-12(5-2-10)20-13-6-3-11(9-16)14(7-13)17(18)19/h1-7H,8,15H2. The van der Waals surface area contributed by atoms with Gasteiger partial charge in [0.15, 0.2) is 0 Å². The monoisotopic (exact) mass is 269 g/mol. The summed E-state index contributed by atoms with van der Waals surface area (Å²) in [5.41, 5.74) is 6.18. The van der Waals surface area contributed by atoms with Gasteiger partial charge in [0.2, 0.25) is 0 Å². The van der Waals surface area contributed by atoms with E-state index in [9.17, 15) is 10.1 Å². The van der Waals surface area contributed by atoms with Crippen molar-refractivity contribution in [2.75, 3.05) is 0 Å². The number of hydrogen-bond donors (Lipinski definition) is 1. The molecule has 0 radical (unpaired) electrons.